The maximum absolute atomic E-state index is 12.8. The Morgan fingerprint density at radius 2 is 1.85 bits per heavy atom. The summed E-state index contributed by atoms with van der Waals surface area (Å²) in [6.07, 6.45) is 6.61. The van der Waals surface area contributed by atoms with Crippen molar-refractivity contribution in [2.75, 3.05) is 0 Å². The largest absolute Gasteiger partial charge is 0.449 e. The number of benzene rings is 2. The van der Waals surface area contributed by atoms with E-state index in [0.29, 0.717) is 23.4 Å². The number of hydrogen-bond donors (Lipinski definition) is 1. The smallest absolute Gasteiger partial charge is 0.287 e. The van der Waals surface area contributed by atoms with Gasteiger partial charge in [0.2, 0.25) is 0 Å². The van der Waals surface area contributed by atoms with Crippen LogP contribution < -0.4 is 5.32 Å². The average molecular weight is 460 g/mol. The summed E-state index contributed by atoms with van der Waals surface area (Å²) in [6, 6.07) is 19.8. The molecule has 0 saturated heterocycles. The van der Waals surface area contributed by atoms with Crippen molar-refractivity contribution in [2.24, 2.45) is 0 Å². The Morgan fingerprint density at radius 3 is 2.61 bits per heavy atom. The van der Waals surface area contributed by atoms with E-state index in [-0.39, 0.29) is 11.7 Å². The van der Waals surface area contributed by atoms with Gasteiger partial charge < -0.3 is 14.3 Å². The molecule has 0 aliphatic heterocycles. The van der Waals surface area contributed by atoms with E-state index in [0.717, 1.165) is 35.4 Å². The lowest BCUT2D eigenvalue weighted by atomic mass is 10.1. The van der Waals surface area contributed by atoms with E-state index in [2.05, 4.69) is 41.1 Å². The minimum Gasteiger partial charge on any atom is -0.449 e. The van der Waals surface area contributed by atoms with E-state index >= 15 is 0 Å². The fourth-order valence-corrected chi connectivity index (χ4v) is 4.68. The first-order valence-corrected chi connectivity index (χ1v) is 11.7. The van der Waals surface area contributed by atoms with Crippen molar-refractivity contribution < 1.29 is 9.21 Å². The summed E-state index contributed by atoms with van der Waals surface area (Å²) < 4.78 is 8.32. The predicted molar refractivity (Wildman–Crippen MR) is 130 cm³/mol. The van der Waals surface area contributed by atoms with Crippen LogP contribution in [-0.2, 0) is 6.54 Å². The summed E-state index contributed by atoms with van der Waals surface area (Å²) in [4.78, 5) is 17.5. The number of nitrogens with one attached hydrogen (secondary N) is 1. The Kier molecular flexibility index (Phi) is 6.05. The zero-order valence-corrected chi connectivity index (χ0v) is 19.3. The fraction of sp³-hybridized carbons (Fsp3) is 0.259. The van der Waals surface area contributed by atoms with Gasteiger partial charge in [-0.1, -0.05) is 72.5 Å². The third-order valence-corrected chi connectivity index (χ3v) is 6.67. The van der Waals surface area contributed by atoms with Crippen LogP contribution in [0.2, 0.25) is 5.02 Å². The third-order valence-electron chi connectivity index (χ3n) is 6.30. The van der Waals surface area contributed by atoms with Gasteiger partial charge in [0.1, 0.15) is 5.69 Å². The molecule has 0 unspecified atom stereocenters. The van der Waals surface area contributed by atoms with E-state index in [9.17, 15) is 4.79 Å². The van der Waals surface area contributed by atoms with Crippen LogP contribution >= 0.6 is 11.6 Å². The van der Waals surface area contributed by atoms with Crippen LogP contribution in [0.5, 0.6) is 0 Å². The highest BCUT2D eigenvalue weighted by molar-refractivity contribution is 6.31. The molecule has 1 aliphatic rings. The molecule has 1 saturated carbocycles. The van der Waals surface area contributed by atoms with Crippen molar-refractivity contribution in [3.05, 3.63) is 88.9 Å². The minimum atomic E-state index is -0.273. The van der Waals surface area contributed by atoms with E-state index in [1.165, 1.54) is 18.4 Å². The molecule has 0 spiro atoms. The van der Waals surface area contributed by atoms with E-state index in [1.54, 1.807) is 6.07 Å². The second-order valence-corrected chi connectivity index (χ2v) is 9.00. The summed E-state index contributed by atoms with van der Waals surface area (Å²) in [5, 5.41) is 3.52. The van der Waals surface area contributed by atoms with Crippen LogP contribution in [0, 0.1) is 6.92 Å². The summed E-state index contributed by atoms with van der Waals surface area (Å²) in [5.41, 5.74) is 4.90. The van der Waals surface area contributed by atoms with Gasteiger partial charge in [0.25, 0.3) is 5.91 Å². The van der Waals surface area contributed by atoms with Crippen LogP contribution in [0.25, 0.3) is 22.7 Å². The number of furan rings is 1. The summed E-state index contributed by atoms with van der Waals surface area (Å²) in [5.74, 6) is 0.647. The molecule has 0 bridgehead atoms. The normalized spacial score (nSPS) is 14.0. The van der Waals surface area contributed by atoms with E-state index in [1.807, 2.05) is 36.7 Å². The van der Waals surface area contributed by atoms with E-state index in [4.69, 9.17) is 21.0 Å². The lowest BCUT2D eigenvalue weighted by Crippen LogP contribution is -2.22. The second-order valence-electron chi connectivity index (χ2n) is 8.59. The number of halogens is 1. The summed E-state index contributed by atoms with van der Waals surface area (Å²) >= 11 is 6.21. The van der Waals surface area contributed by atoms with Gasteiger partial charge >= 0.3 is 0 Å². The Bertz CT molecular complexity index is 1270. The first kappa shape index (κ1) is 21.5. The molecule has 2 aromatic carbocycles. The SMILES string of the molecule is Cc1ccc(-c2ncn(C3CCCC3)c2-c2ccc(C(=O)NCc3ccccc3Cl)o2)cc1. The molecule has 5 nitrogen and oxygen atoms in total. The molecule has 1 fully saturated rings. The number of nitrogens with zero attached hydrogens (tertiary/aromatic N) is 2. The number of carbonyl (C=O) groups is 1. The van der Waals surface area contributed by atoms with Crippen LogP contribution in [0.3, 0.4) is 0 Å². The van der Waals surface area contributed by atoms with Gasteiger partial charge in [-0.2, -0.15) is 0 Å². The zero-order valence-electron chi connectivity index (χ0n) is 18.6. The van der Waals surface area contributed by atoms with Crippen molar-refractivity contribution in [2.45, 2.75) is 45.2 Å². The fourth-order valence-electron chi connectivity index (χ4n) is 4.48. The molecule has 4 aromatic rings. The topological polar surface area (TPSA) is 60.1 Å². The average Bonchev–Trinajstić information content (AvgIpc) is 3.59. The summed E-state index contributed by atoms with van der Waals surface area (Å²) in [7, 11) is 0. The lowest BCUT2D eigenvalue weighted by Gasteiger charge is -2.15. The molecule has 2 heterocycles. The number of aryl methyl sites for hydroxylation is 1. The molecular formula is C27H26ClN3O2. The highest BCUT2D eigenvalue weighted by atomic mass is 35.5. The molecule has 0 atom stereocenters. The number of amides is 1. The number of imidazole rings is 1. The molecule has 1 N–H and O–H groups in total. The van der Waals surface area contributed by atoms with Gasteiger partial charge in [0.05, 0.1) is 12.0 Å². The number of aromatic nitrogens is 2. The quantitative estimate of drug-likeness (QED) is 0.344. The van der Waals surface area contributed by atoms with Crippen molar-refractivity contribution in [3.8, 4) is 22.7 Å². The molecule has 1 aliphatic carbocycles. The molecule has 0 radical (unpaired) electrons. The third kappa shape index (κ3) is 4.46. The lowest BCUT2D eigenvalue weighted by molar-refractivity contribution is 0.0924. The van der Waals surface area contributed by atoms with Crippen molar-refractivity contribution >= 4 is 17.5 Å². The molecule has 5 rings (SSSR count). The first-order valence-electron chi connectivity index (χ1n) is 11.4. The van der Waals surface area contributed by atoms with Crippen LogP contribution in [0.1, 0.15) is 53.4 Å². The van der Waals surface area contributed by atoms with E-state index < -0.39 is 0 Å². The van der Waals surface area contributed by atoms with Crippen LogP contribution in [0.4, 0.5) is 0 Å². The minimum absolute atomic E-state index is 0.270. The number of hydrogen-bond acceptors (Lipinski definition) is 3. The van der Waals surface area contributed by atoms with Crippen molar-refractivity contribution in [3.63, 3.8) is 0 Å². The Hall–Kier alpha value is -3.31. The Labute approximate surface area is 198 Å². The highest BCUT2D eigenvalue weighted by Crippen LogP contribution is 2.39. The molecule has 2 aromatic heterocycles. The van der Waals surface area contributed by atoms with Gasteiger partial charge in [-0.05, 0) is 43.5 Å². The monoisotopic (exact) mass is 459 g/mol. The molecule has 168 valence electrons. The van der Waals surface area contributed by atoms with Gasteiger partial charge in [-0.3, -0.25) is 4.79 Å². The molecule has 33 heavy (non-hydrogen) atoms. The predicted octanol–water partition coefficient (Wildman–Crippen LogP) is 6.82. The van der Waals surface area contributed by atoms with Gasteiger partial charge in [0.15, 0.2) is 11.5 Å². The van der Waals surface area contributed by atoms with Gasteiger partial charge in [-0.15, -0.1) is 0 Å². The van der Waals surface area contributed by atoms with Gasteiger partial charge in [-0.25, -0.2) is 4.98 Å². The standard InChI is InChI=1S/C27H26ClN3O2/c1-18-10-12-19(13-11-18)25-26(31(17-30-25)21-7-3-4-8-21)23-14-15-24(33-23)27(32)29-16-20-6-2-5-9-22(20)28/h2,5-6,9-15,17,21H,3-4,7-8,16H2,1H3,(H,29,32). The first-order chi connectivity index (χ1) is 16.1. The Morgan fingerprint density at radius 1 is 1.09 bits per heavy atom. The zero-order chi connectivity index (χ0) is 22.8. The van der Waals surface area contributed by atoms with Gasteiger partial charge in [0, 0.05) is 23.2 Å². The summed E-state index contributed by atoms with van der Waals surface area (Å²) in [6.45, 7) is 2.41. The number of rotatable bonds is 6. The maximum atomic E-state index is 12.8. The second kappa shape index (κ2) is 9.28. The Balaban J connectivity index is 1.45. The number of carbonyl (C=O) groups excluding carboxylic acids is 1. The molecule has 6 heteroatoms. The molecule has 1 amide bonds. The van der Waals surface area contributed by atoms with Crippen LogP contribution in [0.15, 0.2) is 71.4 Å². The maximum Gasteiger partial charge on any atom is 0.287 e. The highest BCUT2D eigenvalue weighted by Gasteiger charge is 2.25. The molecular weight excluding hydrogens is 434 g/mol. The van der Waals surface area contributed by atoms with Crippen LogP contribution in [-0.4, -0.2) is 15.5 Å². The van der Waals surface area contributed by atoms with Crippen molar-refractivity contribution in [1.82, 2.24) is 14.9 Å². The van der Waals surface area contributed by atoms with Crippen molar-refractivity contribution in [1.29, 1.82) is 0 Å².